The van der Waals surface area contributed by atoms with Gasteiger partial charge < -0.3 is 14.8 Å². The first kappa shape index (κ1) is 19.8. The average molecular weight is 413 g/mol. The van der Waals surface area contributed by atoms with Crippen molar-refractivity contribution in [3.05, 3.63) is 77.0 Å². The number of fused-ring (bicyclic) bond motifs is 3. The number of alkyl halides is 3. The molecule has 0 atom stereocenters. The Morgan fingerprint density at radius 3 is 2.40 bits per heavy atom. The molecule has 154 valence electrons. The lowest BCUT2D eigenvalue weighted by Crippen LogP contribution is -2.11. The Balaban J connectivity index is 1.97. The van der Waals surface area contributed by atoms with E-state index in [-0.39, 0.29) is 29.9 Å². The zero-order valence-electron chi connectivity index (χ0n) is 16.0. The largest absolute Gasteiger partial charge is 0.507 e. The van der Waals surface area contributed by atoms with Crippen molar-refractivity contribution in [2.24, 2.45) is 0 Å². The lowest BCUT2D eigenvalue weighted by atomic mass is 9.99. The summed E-state index contributed by atoms with van der Waals surface area (Å²) in [5, 5.41) is 12.1. The van der Waals surface area contributed by atoms with E-state index in [4.69, 9.17) is 4.74 Å². The molecule has 0 aliphatic carbocycles. The molecular formula is C23H18F3NO3. The fraction of sp³-hybridized carbons (Fsp3) is 0.174. The van der Waals surface area contributed by atoms with E-state index in [0.29, 0.717) is 27.4 Å². The van der Waals surface area contributed by atoms with E-state index in [9.17, 15) is 23.1 Å². The summed E-state index contributed by atoms with van der Waals surface area (Å²) in [5.74, 6) is -0.678. The van der Waals surface area contributed by atoms with Crippen molar-refractivity contribution in [3.8, 4) is 5.75 Å². The van der Waals surface area contributed by atoms with Crippen LogP contribution in [0.4, 0.5) is 13.2 Å². The Hall–Kier alpha value is -3.48. The molecule has 4 rings (SSSR count). The second-order valence-corrected chi connectivity index (χ2v) is 6.89. The summed E-state index contributed by atoms with van der Waals surface area (Å²) in [5.41, 5.74) is 0.272. The predicted octanol–water partition coefficient (Wildman–Crippen LogP) is 5.81. The topological polar surface area (TPSA) is 62.3 Å². The predicted molar refractivity (Wildman–Crippen MR) is 108 cm³/mol. The molecule has 0 amide bonds. The Morgan fingerprint density at radius 1 is 1.03 bits per heavy atom. The lowest BCUT2D eigenvalue weighted by molar-refractivity contribution is -0.138. The van der Waals surface area contributed by atoms with Crippen molar-refractivity contribution >= 4 is 27.6 Å². The molecule has 0 bridgehead atoms. The van der Waals surface area contributed by atoms with Crippen LogP contribution in [0.5, 0.6) is 5.75 Å². The maximum absolute atomic E-state index is 13.5. The molecule has 3 aromatic carbocycles. The first-order valence-electron chi connectivity index (χ1n) is 9.38. The Bertz CT molecular complexity index is 1260. The van der Waals surface area contributed by atoms with E-state index in [1.165, 1.54) is 24.3 Å². The molecule has 0 spiro atoms. The van der Waals surface area contributed by atoms with Crippen LogP contribution in [-0.4, -0.2) is 22.7 Å². The minimum Gasteiger partial charge on any atom is -0.507 e. The second kappa shape index (κ2) is 7.40. The lowest BCUT2D eigenvalue weighted by Gasteiger charge is -2.12. The van der Waals surface area contributed by atoms with Gasteiger partial charge in [0.25, 0.3) is 0 Å². The fourth-order valence-electron chi connectivity index (χ4n) is 3.77. The third-order valence-corrected chi connectivity index (χ3v) is 5.04. The van der Waals surface area contributed by atoms with Gasteiger partial charge in [-0.1, -0.05) is 42.5 Å². The van der Waals surface area contributed by atoms with E-state index in [1.54, 1.807) is 31.2 Å². The monoisotopic (exact) mass is 413 g/mol. The molecular weight excluding hydrogens is 395 g/mol. The van der Waals surface area contributed by atoms with Gasteiger partial charge in [0.2, 0.25) is 0 Å². The molecule has 0 saturated heterocycles. The number of hydrogen-bond donors (Lipinski definition) is 2. The number of carbonyl (C=O) groups excluding carboxylic acids is 1. The molecule has 4 aromatic rings. The van der Waals surface area contributed by atoms with Crippen molar-refractivity contribution in [1.29, 1.82) is 0 Å². The number of rotatable bonds is 4. The minimum absolute atomic E-state index is 0.0232. The first-order valence-corrected chi connectivity index (χ1v) is 9.38. The van der Waals surface area contributed by atoms with Crippen molar-refractivity contribution in [1.82, 2.24) is 4.98 Å². The molecule has 1 aromatic heterocycles. The van der Waals surface area contributed by atoms with Gasteiger partial charge in [0.15, 0.2) is 0 Å². The zero-order chi connectivity index (χ0) is 21.5. The van der Waals surface area contributed by atoms with Crippen molar-refractivity contribution in [3.63, 3.8) is 0 Å². The quantitative estimate of drug-likeness (QED) is 0.415. The number of esters is 1. The highest BCUT2D eigenvalue weighted by molar-refractivity contribution is 6.15. The number of ether oxygens (including phenoxy) is 1. The van der Waals surface area contributed by atoms with Crippen LogP contribution < -0.4 is 0 Å². The number of H-pyrrole nitrogens is 1. The SMILES string of the molecule is CCOC(=O)c1c(Cc2ccccc2C(F)(F)F)[nH]c2c1cc(O)c1ccccc12. The van der Waals surface area contributed by atoms with Crippen LogP contribution in [-0.2, 0) is 17.3 Å². The van der Waals surface area contributed by atoms with Crippen molar-refractivity contribution < 1.29 is 27.8 Å². The summed E-state index contributed by atoms with van der Waals surface area (Å²) in [6.07, 6.45) is -4.66. The zero-order valence-corrected chi connectivity index (χ0v) is 16.0. The normalized spacial score (nSPS) is 11.9. The van der Waals surface area contributed by atoms with Gasteiger partial charge in [-0.25, -0.2) is 4.79 Å². The van der Waals surface area contributed by atoms with E-state index in [1.807, 2.05) is 0 Å². The molecule has 0 saturated carbocycles. The van der Waals surface area contributed by atoms with Gasteiger partial charge in [0, 0.05) is 28.3 Å². The highest BCUT2D eigenvalue weighted by Gasteiger charge is 2.33. The maximum atomic E-state index is 13.5. The highest BCUT2D eigenvalue weighted by Crippen LogP contribution is 2.38. The first-order chi connectivity index (χ1) is 14.3. The summed E-state index contributed by atoms with van der Waals surface area (Å²) in [6.45, 7) is 1.77. The molecule has 1 heterocycles. The number of phenols is 1. The molecule has 7 heteroatoms. The number of nitrogens with one attached hydrogen (secondary N) is 1. The van der Waals surface area contributed by atoms with Crippen LogP contribution in [0.3, 0.4) is 0 Å². The van der Waals surface area contributed by atoms with E-state index in [0.717, 1.165) is 6.07 Å². The second-order valence-electron chi connectivity index (χ2n) is 6.89. The van der Waals surface area contributed by atoms with Crippen LogP contribution in [0, 0.1) is 0 Å². The molecule has 0 fully saturated rings. The molecule has 0 radical (unpaired) electrons. The van der Waals surface area contributed by atoms with Gasteiger partial charge in [0.05, 0.1) is 23.3 Å². The summed E-state index contributed by atoms with van der Waals surface area (Å²) in [6, 6.07) is 13.8. The number of aromatic amines is 1. The smallest absolute Gasteiger partial charge is 0.416 e. The number of phenolic OH excluding ortho intramolecular Hbond substituents is 1. The van der Waals surface area contributed by atoms with E-state index >= 15 is 0 Å². The Morgan fingerprint density at radius 2 is 1.70 bits per heavy atom. The van der Waals surface area contributed by atoms with Gasteiger partial charge in [0.1, 0.15) is 5.75 Å². The van der Waals surface area contributed by atoms with Gasteiger partial charge in [-0.2, -0.15) is 13.2 Å². The number of aromatic hydroxyl groups is 1. The van der Waals surface area contributed by atoms with Crippen LogP contribution in [0.15, 0.2) is 54.6 Å². The van der Waals surface area contributed by atoms with Crippen LogP contribution >= 0.6 is 0 Å². The van der Waals surface area contributed by atoms with Gasteiger partial charge in [-0.3, -0.25) is 0 Å². The van der Waals surface area contributed by atoms with Gasteiger partial charge in [-0.15, -0.1) is 0 Å². The molecule has 30 heavy (non-hydrogen) atoms. The standard InChI is InChI=1S/C23H18F3NO3/c1-2-30-22(29)20-16-12-19(28)14-8-4-5-9-15(14)21(16)27-18(20)11-13-7-3-6-10-17(13)23(24,25)26/h3-10,12,27-28H,2,11H2,1H3. The fourth-order valence-corrected chi connectivity index (χ4v) is 3.77. The summed E-state index contributed by atoms with van der Waals surface area (Å²) < 4.78 is 45.5. The van der Waals surface area contributed by atoms with Gasteiger partial charge >= 0.3 is 12.1 Å². The van der Waals surface area contributed by atoms with Crippen molar-refractivity contribution in [2.45, 2.75) is 19.5 Å². The Labute approximate surface area is 169 Å². The van der Waals surface area contributed by atoms with Gasteiger partial charge in [-0.05, 0) is 24.6 Å². The molecule has 0 aliphatic rings. The number of halogens is 3. The highest BCUT2D eigenvalue weighted by atomic mass is 19.4. The molecule has 4 nitrogen and oxygen atoms in total. The molecule has 2 N–H and O–H groups in total. The van der Waals surface area contributed by atoms with Crippen LogP contribution in [0.1, 0.15) is 34.1 Å². The molecule has 0 unspecified atom stereocenters. The Kier molecular flexibility index (Phi) is 4.89. The maximum Gasteiger partial charge on any atom is 0.416 e. The summed E-state index contributed by atoms with van der Waals surface area (Å²) in [4.78, 5) is 15.8. The third-order valence-electron chi connectivity index (χ3n) is 5.04. The summed E-state index contributed by atoms with van der Waals surface area (Å²) >= 11 is 0. The van der Waals surface area contributed by atoms with E-state index < -0.39 is 17.7 Å². The molecule has 0 aliphatic heterocycles. The average Bonchev–Trinajstić information content (AvgIpc) is 3.06. The van der Waals surface area contributed by atoms with Crippen LogP contribution in [0.2, 0.25) is 0 Å². The number of benzene rings is 3. The summed E-state index contributed by atoms with van der Waals surface area (Å²) in [7, 11) is 0. The number of aromatic nitrogens is 1. The third kappa shape index (κ3) is 3.36. The minimum atomic E-state index is -4.52. The van der Waals surface area contributed by atoms with Crippen molar-refractivity contribution in [2.75, 3.05) is 6.61 Å². The van der Waals surface area contributed by atoms with E-state index in [2.05, 4.69) is 4.98 Å². The number of carbonyl (C=O) groups is 1. The van der Waals surface area contributed by atoms with Crippen LogP contribution in [0.25, 0.3) is 21.7 Å². The number of hydrogen-bond acceptors (Lipinski definition) is 3.